The Hall–Kier alpha value is -3.00. The molecule has 208 valence electrons. The number of nitrogens with zero attached hydrogens (tertiary/aromatic N) is 2. The quantitative estimate of drug-likeness (QED) is 0.270. The zero-order chi connectivity index (χ0) is 28.4. The predicted molar refractivity (Wildman–Crippen MR) is 161 cm³/mol. The van der Waals surface area contributed by atoms with E-state index in [0.29, 0.717) is 37.2 Å². The van der Waals surface area contributed by atoms with Crippen LogP contribution in [-0.2, 0) is 13.0 Å². The number of aryl methyl sites for hydroxylation is 1. The van der Waals surface area contributed by atoms with Gasteiger partial charge in [-0.05, 0) is 73.2 Å². The Morgan fingerprint density at radius 3 is 2.03 bits per heavy atom. The van der Waals surface area contributed by atoms with Crippen LogP contribution < -0.4 is 5.73 Å². The van der Waals surface area contributed by atoms with Gasteiger partial charge in [-0.2, -0.15) is 0 Å². The molecule has 0 fully saturated rings. The van der Waals surface area contributed by atoms with Crippen molar-refractivity contribution in [3.63, 3.8) is 0 Å². The lowest BCUT2D eigenvalue weighted by Gasteiger charge is -2.29. The fraction of sp³-hybridized carbons (Fsp3) is 0.375. The first-order valence-corrected chi connectivity index (χ1v) is 14.4. The molecule has 0 aromatic heterocycles. The number of benzene rings is 3. The van der Waals surface area contributed by atoms with Crippen LogP contribution in [0.25, 0.3) is 0 Å². The second kappa shape index (κ2) is 15.0. The highest BCUT2D eigenvalue weighted by Crippen LogP contribution is 2.19. The first-order valence-electron chi connectivity index (χ1n) is 13.6. The summed E-state index contributed by atoms with van der Waals surface area (Å²) in [4.78, 5) is 30.7. The molecule has 7 heteroatoms. The van der Waals surface area contributed by atoms with E-state index in [1.54, 1.807) is 17.0 Å². The molecule has 0 saturated carbocycles. The Balaban J connectivity index is 1.86. The van der Waals surface area contributed by atoms with Gasteiger partial charge in [-0.3, -0.25) is 9.59 Å². The molecule has 3 N–H and O–H groups in total. The topological polar surface area (TPSA) is 86.9 Å². The third-order valence-electron chi connectivity index (χ3n) is 6.61. The minimum absolute atomic E-state index is 0.0674. The van der Waals surface area contributed by atoms with Gasteiger partial charge in [0.15, 0.2) is 0 Å². The second-order valence-corrected chi connectivity index (χ2v) is 11.0. The Labute approximate surface area is 240 Å². The average molecular weight is 595 g/mol. The van der Waals surface area contributed by atoms with Gasteiger partial charge < -0.3 is 20.6 Å². The van der Waals surface area contributed by atoms with E-state index in [1.165, 1.54) is 0 Å². The van der Waals surface area contributed by atoms with Gasteiger partial charge in [-0.1, -0.05) is 72.2 Å². The Kier molecular flexibility index (Phi) is 11.7. The van der Waals surface area contributed by atoms with Gasteiger partial charge in [0.2, 0.25) is 0 Å². The van der Waals surface area contributed by atoms with Crippen molar-refractivity contribution in [1.82, 2.24) is 9.80 Å². The molecular weight excluding hydrogens is 554 g/mol. The van der Waals surface area contributed by atoms with Gasteiger partial charge in [-0.25, -0.2) is 0 Å². The summed E-state index contributed by atoms with van der Waals surface area (Å²) in [6.45, 7) is 7.72. The van der Waals surface area contributed by atoms with Crippen LogP contribution in [0.2, 0.25) is 0 Å². The lowest BCUT2D eigenvalue weighted by Crippen LogP contribution is -2.46. The van der Waals surface area contributed by atoms with Crippen molar-refractivity contribution in [2.45, 2.75) is 58.7 Å². The molecule has 0 saturated heterocycles. The molecule has 3 aromatic carbocycles. The fourth-order valence-corrected chi connectivity index (χ4v) is 5.15. The van der Waals surface area contributed by atoms with Gasteiger partial charge in [0, 0.05) is 47.8 Å². The van der Waals surface area contributed by atoms with Crippen molar-refractivity contribution in [1.29, 1.82) is 0 Å². The van der Waals surface area contributed by atoms with Gasteiger partial charge in [0.05, 0.1) is 6.10 Å². The molecule has 0 aliphatic carbocycles. The average Bonchev–Trinajstić information content (AvgIpc) is 2.92. The number of halogens is 1. The number of rotatable bonds is 13. The summed E-state index contributed by atoms with van der Waals surface area (Å²) in [7, 11) is 0. The lowest BCUT2D eigenvalue weighted by molar-refractivity contribution is 0.0554. The summed E-state index contributed by atoms with van der Waals surface area (Å²) in [5, 5.41) is 11.1. The number of hydrogen-bond acceptors (Lipinski definition) is 4. The second-order valence-electron chi connectivity index (χ2n) is 10.1. The lowest BCUT2D eigenvalue weighted by atomic mass is 10.0. The molecule has 0 radical (unpaired) electrons. The summed E-state index contributed by atoms with van der Waals surface area (Å²) in [5.74, 6) is -0.315. The maximum atomic E-state index is 13.9. The van der Waals surface area contributed by atoms with Gasteiger partial charge in [0.25, 0.3) is 11.8 Å². The SMILES string of the molecule is CCCN(CCC)C(=O)c1cc(C)cc(C(=O)N(Cc2ccccc2)C[C@@H](O)[C@@H](N)Cc2cccc(Br)c2)c1. The Morgan fingerprint density at radius 2 is 1.44 bits per heavy atom. The third-order valence-corrected chi connectivity index (χ3v) is 7.10. The van der Waals surface area contributed by atoms with Crippen LogP contribution in [0.15, 0.2) is 77.3 Å². The van der Waals surface area contributed by atoms with Gasteiger partial charge >= 0.3 is 0 Å². The standard InChI is InChI=1S/C32H40BrN3O3/c1-4-14-35(15-5-2)31(38)26-16-23(3)17-27(20-26)32(39)36(21-24-10-7-6-8-11-24)22-30(37)29(34)19-25-12-9-13-28(33)18-25/h6-13,16-18,20,29-30,37H,4-5,14-15,19,21-22,34H2,1-3H3/t29-,30+/m0/s1. The molecule has 2 amide bonds. The molecule has 2 atom stereocenters. The van der Waals surface area contributed by atoms with E-state index < -0.39 is 12.1 Å². The largest absolute Gasteiger partial charge is 0.390 e. The van der Waals surface area contributed by atoms with Crippen molar-refractivity contribution >= 4 is 27.7 Å². The van der Waals surface area contributed by atoms with E-state index in [9.17, 15) is 14.7 Å². The first-order chi connectivity index (χ1) is 18.7. The van der Waals surface area contributed by atoms with E-state index in [4.69, 9.17) is 5.73 Å². The Bertz CT molecular complexity index is 1230. The molecule has 3 aromatic rings. The number of amides is 2. The van der Waals surface area contributed by atoms with Crippen molar-refractivity contribution in [3.05, 3.63) is 105 Å². The Morgan fingerprint density at radius 1 is 0.846 bits per heavy atom. The molecular formula is C32H40BrN3O3. The van der Waals surface area contributed by atoms with E-state index in [-0.39, 0.29) is 18.4 Å². The number of carbonyl (C=O) groups is 2. The highest BCUT2D eigenvalue weighted by molar-refractivity contribution is 9.10. The van der Waals surface area contributed by atoms with Crippen molar-refractivity contribution in [3.8, 4) is 0 Å². The number of aliphatic hydroxyl groups excluding tert-OH is 1. The van der Waals surface area contributed by atoms with Crippen molar-refractivity contribution in [2.75, 3.05) is 19.6 Å². The summed E-state index contributed by atoms with van der Waals surface area (Å²) >= 11 is 3.48. The van der Waals surface area contributed by atoms with Crippen LogP contribution in [0.1, 0.15) is 64.1 Å². The van der Waals surface area contributed by atoms with E-state index in [0.717, 1.165) is 34.0 Å². The molecule has 0 spiro atoms. The molecule has 39 heavy (non-hydrogen) atoms. The van der Waals surface area contributed by atoms with Gasteiger partial charge in [-0.15, -0.1) is 0 Å². The molecule has 0 aliphatic heterocycles. The van der Waals surface area contributed by atoms with Gasteiger partial charge in [0.1, 0.15) is 0 Å². The summed E-state index contributed by atoms with van der Waals surface area (Å²) in [6, 6.07) is 22.3. The molecule has 0 aliphatic rings. The highest BCUT2D eigenvalue weighted by Gasteiger charge is 2.25. The third kappa shape index (κ3) is 9.02. The number of carbonyl (C=O) groups excluding carboxylic acids is 2. The van der Waals surface area contributed by atoms with Crippen LogP contribution in [0.4, 0.5) is 0 Å². The highest BCUT2D eigenvalue weighted by atomic mass is 79.9. The number of aliphatic hydroxyl groups is 1. The number of nitrogens with two attached hydrogens (primary N) is 1. The van der Waals surface area contributed by atoms with Crippen LogP contribution in [-0.4, -0.2) is 58.5 Å². The smallest absolute Gasteiger partial charge is 0.254 e. The van der Waals surface area contributed by atoms with Crippen LogP contribution in [0.3, 0.4) is 0 Å². The maximum absolute atomic E-state index is 13.9. The van der Waals surface area contributed by atoms with Crippen molar-refractivity contribution < 1.29 is 14.7 Å². The first kappa shape index (κ1) is 30.5. The van der Waals surface area contributed by atoms with Crippen LogP contribution in [0, 0.1) is 6.92 Å². The van der Waals surface area contributed by atoms with Crippen LogP contribution >= 0.6 is 15.9 Å². The van der Waals surface area contributed by atoms with E-state index in [1.807, 2.05) is 72.5 Å². The van der Waals surface area contributed by atoms with E-state index in [2.05, 4.69) is 29.8 Å². The van der Waals surface area contributed by atoms with Crippen molar-refractivity contribution in [2.24, 2.45) is 5.73 Å². The predicted octanol–water partition coefficient (Wildman–Crippen LogP) is 5.59. The monoisotopic (exact) mass is 593 g/mol. The zero-order valence-electron chi connectivity index (χ0n) is 23.1. The fourth-order valence-electron chi connectivity index (χ4n) is 4.71. The summed E-state index contributed by atoms with van der Waals surface area (Å²) in [6.07, 6.45) is 1.27. The van der Waals surface area contributed by atoms with Crippen LogP contribution in [0.5, 0.6) is 0 Å². The normalized spacial score (nSPS) is 12.6. The number of hydrogen-bond donors (Lipinski definition) is 2. The summed E-state index contributed by atoms with van der Waals surface area (Å²) < 4.78 is 0.948. The molecule has 6 nitrogen and oxygen atoms in total. The van der Waals surface area contributed by atoms with E-state index >= 15 is 0 Å². The molecule has 0 heterocycles. The summed E-state index contributed by atoms with van der Waals surface area (Å²) in [5.41, 5.74) is 10.1. The zero-order valence-corrected chi connectivity index (χ0v) is 24.7. The molecule has 0 bridgehead atoms. The molecule has 0 unspecified atom stereocenters. The minimum atomic E-state index is -0.938. The maximum Gasteiger partial charge on any atom is 0.254 e. The minimum Gasteiger partial charge on any atom is -0.390 e. The molecule has 3 rings (SSSR count).